The average molecular weight is 379 g/mol. The molecule has 3 rings (SSSR count). The maximum Gasteiger partial charge on any atom is 0.308 e. The molecule has 0 aliphatic heterocycles. The van der Waals surface area contributed by atoms with E-state index >= 15 is 0 Å². The second kappa shape index (κ2) is 8.43. The third-order valence-corrected chi connectivity index (χ3v) is 4.53. The monoisotopic (exact) mass is 379 g/mol. The number of carboxylic acid groups (broad SMARTS) is 1. The number of nitrogens with one attached hydrogen (secondary N) is 1. The molecule has 0 saturated heterocycles. The number of carboxylic acids is 1. The quantitative estimate of drug-likeness (QED) is 0.653. The number of hydrogen-bond acceptors (Lipinski definition) is 5. The van der Waals surface area contributed by atoms with Crippen molar-refractivity contribution in [2.75, 3.05) is 0 Å². The summed E-state index contributed by atoms with van der Waals surface area (Å²) in [6.07, 6.45) is 0. The van der Waals surface area contributed by atoms with Crippen LogP contribution in [0.5, 0.6) is 0 Å². The van der Waals surface area contributed by atoms with Crippen LogP contribution < -0.4 is 5.32 Å². The number of aliphatic carboxylic acids is 1. The van der Waals surface area contributed by atoms with E-state index in [1.54, 1.807) is 38.1 Å². The Morgan fingerprint density at radius 2 is 1.61 bits per heavy atom. The first-order chi connectivity index (χ1) is 13.5. The highest BCUT2D eigenvalue weighted by Gasteiger charge is 2.29. The van der Waals surface area contributed by atoms with E-state index in [4.69, 9.17) is 0 Å². The van der Waals surface area contributed by atoms with Gasteiger partial charge in [-0.05, 0) is 24.6 Å². The fraction of sp³-hybridized carbons (Fsp3) is 0.250. The lowest BCUT2D eigenvalue weighted by Crippen LogP contribution is -2.39. The summed E-state index contributed by atoms with van der Waals surface area (Å²) in [7, 11) is 0. The van der Waals surface area contributed by atoms with Gasteiger partial charge in [0, 0.05) is 5.56 Å². The van der Waals surface area contributed by atoms with Gasteiger partial charge < -0.3 is 10.4 Å². The molecule has 2 N–H and O–H groups in total. The van der Waals surface area contributed by atoms with Crippen LogP contribution in [0.1, 0.15) is 31.5 Å². The van der Waals surface area contributed by atoms with Gasteiger partial charge in [-0.3, -0.25) is 9.59 Å². The number of rotatable bonds is 7. The zero-order valence-corrected chi connectivity index (χ0v) is 15.6. The summed E-state index contributed by atoms with van der Waals surface area (Å²) in [5.41, 5.74) is 1.51. The van der Waals surface area contributed by atoms with Crippen molar-refractivity contribution >= 4 is 11.9 Å². The van der Waals surface area contributed by atoms with Crippen molar-refractivity contribution in [3.63, 3.8) is 0 Å². The van der Waals surface area contributed by atoms with Crippen molar-refractivity contribution in [3.05, 3.63) is 66.2 Å². The minimum absolute atomic E-state index is 0.390. The molecule has 1 heterocycles. The smallest absolute Gasteiger partial charge is 0.308 e. The number of amides is 1. The van der Waals surface area contributed by atoms with Crippen LogP contribution in [-0.4, -0.2) is 37.2 Å². The molecule has 8 nitrogen and oxygen atoms in total. The van der Waals surface area contributed by atoms with Gasteiger partial charge in [0.1, 0.15) is 6.04 Å². The summed E-state index contributed by atoms with van der Waals surface area (Å²) in [4.78, 5) is 25.5. The van der Waals surface area contributed by atoms with E-state index < -0.39 is 24.0 Å². The third kappa shape index (κ3) is 4.22. The van der Waals surface area contributed by atoms with Gasteiger partial charge >= 0.3 is 5.97 Å². The largest absolute Gasteiger partial charge is 0.481 e. The number of carbonyl (C=O) groups excluding carboxylic acids is 1. The topological polar surface area (TPSA) is 110 Å². The molecule has 0 bridgehead atoms. The highest BCUT2D eigenvalue weighted by Crippen LogP contribution is 2.23. The lowest BCUT2D eigenvalue weighted by molar-refractivity contribution is -0.142. The molecule has 3 atom stereocenters. The SMILES string of the molecule is CC(C(=O)O)C(NC(=O)C(C)n1nnc(-c2ccccc2)n1)c1ccccc1. The summed E-state index contributed by atoms with van der Waals surface area (Å²) in [5, 5.41) is 24.5. The van der Waals surface area contributed by atoms with Gasteiger partial charge in [-0.1, -0.05) is 60.7 Å². The van der Waals surface area contributed by atoms with E-state index in [0.717, 1.165) is 11.1 Å². The first-order valence-corrected chi connectivity index (χ1v) is 8.90. The molecule has 0 spiro atoms. The van der Waals surface area contributed by atoms with E-state index in [-0.39, 0.29) is 5.91 Å². The van der Waals surface area contributed by atoms with Crippen LogP contribution in [0.2, 0.25) is 0 Å². The van der Waals surface area contributed by atoms with E-state index in [1.165, 1.54) is 4.80 Å². The van der Waals surface area contributed by atoms with Crippen LogP contribution in [0.4, 0.5) is 0 Å². The molecule has 0 saturated carbocycles. The Kier molecular flexibility index (Phi) is 5.78. The van der Waals surface area contributed by atoms with Crippen LogP contribution >= 0.6 is 0 Å². The lowest BCUT2D eigenvalue weighted by Gasteiger charge is -2.24. The number of aromatic nitrogens is 4. The lowest BCUT2D eigenvalue weighted by atomic mass is 9.94. The molecular weight excluding hydrogens is 358 g/mol. The third-order valence-electron chi connectivity index (χ3n) is 4.53. The predicted octanol–water partition coefficient (Wildman–Crippen LogP) is 2.48. The molecule has 3 aromatic rings. The highest BCUT2D eigenvalue weighted by molar-refractivity contribution is 5.81. The molecular formula is C20H21N5O3. The fourth-order valence-corrected chi connectivity index (χ4v) is 2.77. The molecule has 8 heteroatoms. The number of benzene rings is 2. The maximum atomic E-state index is 12.8. The van der Waals surface area contributed by atoms with Crippen LogP contribution in [0.25, 0.3) is 11.4 Å². The molecule has 3 unspecified atom stereocenters. The summed E-state index contributed by atoms with van der Waals surface area (Å²) < 4.78 is 0. The van der Waals surface area contributed by atoms with Crippen molar-refractivity contribution in [1.82, 2.24) is 25.5 Å². The minimum atomic E-state index is -0.993. The summed E-state index contributed by atoms with van der Waals surface area (Å²) in [6, 6.07) is 16.9. The van der Waals surface area contributed by atoms with E-state index in [0.29, 0.717) is 5.82 Å². The molecule has 2 aromatic carbocycles. The molecule has 0 aliphatic carbocycles. The molecule has 0 aliphatic rings. The molecule has 1 aromatic heterocycles. The van der Waals surface area contributed by atoms with E-state index in [9.17, 15) is 14.7 Å². The predicted molar refractivity (Wildman–Crippen MR) is 102 cm³/mol. The van der Waals surface area contributed by atoms with Crippen molar-refractivity contribution in [1.29, 1.82) is 0 Å². The normalized spacial score (nSPS) is 14.1. The van der Waals surface area contributed by atoms with E-state index in [2.05, 4.69) is 20.7 Å². The summed E-state index contributed by atoms with van der Waals surface area (Å²) in [5.74, 6) is -1.77. The average Bonchev–Trinajstić information content (AvgIpc) is 3.22. The first kappa shape index (κ1) is 19.2. The van der Waals surface area contributed by atoms with Gasteiger partial charge in [0.15, 0.2) is 0 Å². The van der Waals surface area contributed by atoms with Crippen LogP contribution in [0.3, 0.4) is 0 Å². The van der Waals surface area contributed by atoms with Gasteiger partial charge in [-0.15, -0.1) is 10.2 Å². The van der Waals surface area contributed by atoms with E-state index in [1.807, 2.05) is 36.4 Å². The molecule has 0 radical (unpaired) electrons. The van der Waals surface area contributed by atoms with Crippen molar-refractivity contribution in [3.8, 4) is 11.4 Å². The Hall–Kier alpha value is -3.55. The highest BCUT2D eigenvalue weighted by atomic mass is 16.4. The molecule has 144 valence electrons. The zero-order valence-electron chi connectivity index (χ0n) is 15.6. The molecule has 1 amide bonds. The van der Waals surface area contributed by atoms with Crippen molar-refractivity contribution < 1.29 is 14.7 Å². The minimum Gasteiger partial charge on any atom is -0.481 e. The summed E-state index contributed by atoms with van der Waals surface area (Å²) in [6.45, 7) is 3.20. The standard InChI is InChI=1S/C20H21N5O3/c1-13(20(27)28)17(15-9-5-3-6-10-15)21-19(26)14(2)25-23-18(22-24-25)16-11-7-4-8-12-16/h3-14,17H,1-2H3,(H,21,26)(H,27,28). The molecule has 0 fully saturated rings. The fourth-order valence-electron chi connectivity index (χ4n) is 2.77. The first-order valence-electron chi connectivity index (χ1n) is 8.90. The second-order valence-electron chi connectivity index (χ2n) is 6.50. The Morgan fingerprint density at radius 1 is 1.00 bits per heavy atom. The van der Waals surface area contributed by atoms with Crippen molar-refractivity contribution in [2.24, 2.45) is 5.92 Å². The maximum absolute atomic E-state index is 12.8. The van der Waals surface area contributed by atoms with Crippen molar-refractivity contribution in [2.45, 2.75) is 25.9 Å². The van der Waals surface area contributed by atoms with Gasteiger partial charge in [-0.2, -0.15) is 4.80 Å². The number of carbonyl (C=O) groups is 2. The van der Waals surface area contributed by atoms with Gasteiger partial charge in [0.25, 0.3) is 0 Å². The van der Waals surface area contributed by atoms with Gasteiger partial charge in [-0.25, -0.2) is 0 Å². The van der Waals surface area contributed by atoms with Gasteiger partial charge in [0.2, 0.25) is 11.7 Å². The Labute approximate surface area is 162 Å². The Balaban J connectivity index is 1.78. The van der Waals surface area contributed by atoms with Crippen LogP contribution in [0, 0.1) is 5.92 Å². The number of tetrazole rings is 1. The Morgan fingerprint density at radius 3 is 2.21 bits per heavy atom. The van der Waals surface area contributed by atoms with Crippen LogP contribution in [-0.2, 0) is 9.59 Å². The summed E-state index contributed by atoms with van der Waals surface area (Å²) >= 11 is 0. The second-order valence-corrected chi connectivity index (χ2v) is 6.50. The molecule has 28 heavy (non-hydrogen) atoms. The van der Waals surface area contributed by atoms with Gasteiger partial charge in [0.05, 0.1) is 12.0 Å². The Bertz CT molecular complexity index is 943. The number of nitrogens with zero attached hydrogens (tertiary/aromatic N) is 4. The zero-order chi connectivity index (χ0) is 20.1. The number of hydrogen-bond donors (Lipinski definition) is 2. The van der Waals surface area contributed by atoms with Crippen LogP contribution in [0.15, 0.2) is 60.7 Å².